The fraction of sp³-hybridized carbons (Fsp3) is 0.344. The first-order valence-electron chi connectivity index (χ1n) is 14.0. The zero-order chi connectivity index (χ0) is 28.9. The summed E-state index contributed by atoms with van der Waals surface area (Å²) in [6.07, 6.45) is 0. The number of nitrogens with zero attached hydrogens (tertiary/aromatic N) is 3. The van der Waals surface area contributed by atoms with Crippen molar-refractivity contribution in [1.29, 1.82) is 0 Å². The van der Waals surface area contributed by atoms with Crippen molar-refractivity contribution >= 4 is 54.6 Å². The largest absolute Gasteiger partial charge is 0.368 e. The summed E-state index contributed by atoms with van der Waals surface area (Å²) in [6.45, 7) is 9.26. The zero-order valence-corrected chi connectivity index (χ0v) is 25.9. The average Bonchev–Trinajstić information content (AvgIpc) is 3.56. The highest BCUT2D eigenvalue weighted by Gasteiger charge is 2.46. The summed E-state index contributed by atoms with van der Waals surface area (Å²) in [6, 6.07) is 21.8. The molecule has 2 saturated heterocycles. The number of anilines is 1. The molecule has 41 heavy (non-hydrogen) atoms. The van der Waals surface area contributed by atoms with Gasteiger partial charge in [-0.1, -0.05) is 59.6 Å². The predicted octanol–water partition coefficient (Wildman–Crippen LogP) is 6.23. The maximum absolute atomic E-state index is 14.1. The maximum atomic E-state index is 14.1. The van der Waals surface area contributed by atoms with Crippen LogP contribution in [0, 0.1) is 26.7 Å². The minimum Gasteiger partial charge on any atom is -0.368 e. The van der Waals surface area contributed by atoms with Crippen molar-refractivity contribution in [3.8, 4) is 0 Å². The van der Waals surface area contributed by atoms with Crippen LogP contribution in [0.2, 0.25) is 5.02 Å². The highest BCUT2D eigenvalue weighted by molar-refractivity contribution is 7.91. The van der Waals surface area contributed by atoms with E-state index in [1.165, 1.54) is 32.5 Å². The quantitative estimate of drug-likeness (QED) is 0.270. The third-order valence-electron chi connectivity index (χ3n) is 8.54. The second-order valence-corrected chi connectivity index (χ2v) is 14.8. The third kappa shape index (κ3) is 5.27. The SMILES string of the molecule is Cc1ccc(N2CCN(C(=O)[C@@H]3CN(S(=O)(=O)c4sc5ccc(Cl)cc5c4C)C[C@H]3c3ccccc3)CC2)c(C)c1. The van der Waals surface area contributed by atoms with Crippen molar-refractivity contribution in [2.75, 3.05) is 44.2 Å². The van der Waals surface area contributed by atoms with Gasteiger partial charge < -0.3 is 9.80 Å². The number of benzene rings is 3. The molecule has 0 spiro atoms. The van der Waals surface area contributed by atoms with Crippen LogP contribution in [0.25, 0.3) is 10.1 Å². The van der Waals surface area contributed by atoms with Crippen LogP contribution in [0.3, 0.4) is 0 Å². The molecule has 4 aromatic rings. The number of amides is 1. The van der Waals surface area contributed by atoms with E-state index in [-0.39, 0.29) is 24.9 Å². The van der Waals surface area contributed by atoms with E-state index in [0.29, 0.717) is 27.9 Å². The number of carbonyl (C=O) groups is 1. The molecule has 214 valence electrons. The second kappa shape index (κ2) is 11.1. The Labute approximate surface area is 251 Å². The van der Waals surface area contributed by atoms with Crippen molar-refractivity contribution < 1.29 is 13.2 Å². The molecule has 0 radical (unpaired) electrons. The van der Waals surface area contributed by atoms with Gasteiger partial charge >= 0.3 is 0 Å². The van der Waals surface area contributed by atoms with Gasteiger partial charge in [-0.05, 0) is 67.1 Å². The van der Waals surface area contributed by atoms with Gasteiger partial charge in [-0.3, -0.25) is 4.79 Å². The Morgan fingerprint density at radius 1 is 0.902 bits per heavy atom. The highest BCUT2D eigenvalue weighted by atomic mass is 35.5. The molecule has 6 rings (SSSR count). The van der Waals surface area contributed by atoms with E-state index < -0.39 is 15.9 Å². The van der Waals surface area contributed by atoms with E-state index in [0.717, 1.165) is 28.7 Å². The van der Waals surface area contributed by atoms with Crippen molar-refractivity contribution in [2.45, 2.75) is 30.9 Å². The fourth-order valence-corrected chi connectivity index (χ4v) is 9.89. The van der Waals surface area contributed by atoms with E-state index in [1.807, 2.05) is 54.3 Å². The first kappa shape index (κ1) is 28.2. The maximum Gasteiger partial charge on any atom is 0.252 e. The predicted molar refractivity (Wildman–Crippen MR) is 168 cm³/mol. The Morgan fingerprint density at radius 2 is 1.63 bits per heavy atom. The topological polar surface area (TPSA) is 60.9 Å². The molecule has 0 bridgehead atoms. The number of fused-ring (bicyclic) bond motifs is 1. The summed E-state index contributed by atoms with van der Waals surface area (Å²) in [5.41, 5.74) is 5.40. The van der Waals surface area contributed by atoms with Crippen LogP contribution in [0.1, 0.15) is 28.2 Å². The van der Waals surface area contributed by atoms with Crippen molar-refractivity contribution in [3.63, 3.8) is 0 Å². The van der Waals surface area contributed by atoms with Crippen LogP contribution in [0.4, 0.5) is 5.69 Å². The van der Waals surface area contributed by atoms with Gasteiger partial charge in [-0.2, -0.15) is 4.31 Å². The lowest BCUT2D eigenvalue weighted by molar-refractivity contribution is -0.135. The molecular weight excluding hydrogens is 574 g/mol. The van der Waals surface area contributed by atoms with Gasteiger partial charge in [-0.25, -0.2) is 8.42 Å². The van der Waals surface area contributed by atoms with Gasteiger partial charge in [0.15, 0.2) is 0 Å². The number of hydrogen-bond donors (Lipinski definition) is 0. The fourth-order valence-electron chi connectivity index (χ4n) is 6.35. The lowest BCUT2D eigenvalue weighted by atomic mass is 9.88. The molecule has 1 aromatic heterocycles. The lowest BCUT2D eigenvalue weighted by Crippen LogP contribution is -2.51. The molecule has 3 heterocycles. The number of hydrogen-bond acceptors (Lipinski definition) is 5. The Bertz CT molecular complexity index is 1710. The summed E-state index contributed by atoms with van der Waals surface area (Å²) in [5, 5.41) is 1.44. The summed E-state index contributed by atoms with van der Waals surface area (Å²) in [5.74, 6) is -0.611. The van der Waals surface area contributed by atoms with Crippen LogP contribution in [0.15, 0.2) is 70.9 Å². The normalized spacial score (nSPS) is 20.2. The van der Waals surface area contributed by atoms with Gasteiger partial charge in [-0.15, -0.1) is 11.3 Å². The number of carbonyl (C=O) groups excluding carboxylic acids is 1. The van der Waals surface area contributed by atoms with Crippen molar-refractivity contribution in [3.05, 3.63) is 94.0 Å². The minimum atomic E-state index is -3.81. The first-order valence-corrected chi connectivity index (χ1v) is 16.6. The number of piperazine rings is 1. The highest BCUT2D eigenvalue weighted by Crippen LogP contribution is 2.41. The van der Waals surface area contributed by atoms with Gasteiger partial charge in [0.1, 0.15) is 4.21 Å². The van der Waals surface area contributed by atoms with Gasteiger partial charge in [0.25, 0.3) is 10.0 Å². The van der Waals surface area contributed by atoms with E-state index in [2.05, 4.69) is 36.9 Å². The summed E-state index contributed by atoms with van der Waals surface area (Å²) in [4.78, 5) is 18.3. The zero-order valence-electron chi connectivity index (χ0n) is 23.5. The molecule has 1 amide bonds. The van der Waals surface area contributed by atoms with Crippen LogP contribution < -0.4 is 4.90 Å². The van der Waals surface area contributed by atoms with Crippen molar-refractivity contribution in [1.82, 2.24) is 9.21 Å². The van der Waals surface area contributed by atoms with E-state index in [1.54, 1.807) is 6.07 Å². The molecule has 6 nitrogen and oxygen atoms in total. The number of rotatable bonds is 5. The molecule has 0 aliphatic carbocycles. The standard InChI is InChI=1S/C32H34ClN3O3S2/c1-21-9-11-29(22(2)17-21)34-13-15-35(16-14-34)31(37)28-20-36(19-27(28)24-7-5-4-6-8-24)41(38,39)32-23(3)26-18-25(33)10-12-30(26)40-32/h4-12,17-18,27-28H,13-16,19-20H2,1-3H3/t27-,28+/m0/s1. The Kier molecular flexibility index (Phi) is 7.61. The van der Waals surface area contributed by atoms with E-state index in [4.69, 9.17) is 11.6 Å². The molecule has 0 saturated carbocycles. The number of sulfonamides is 1. The third-order valence-corrected chi connectivity index (χ3v) is 12.5. The average molecular weight is 608 g/mol. The smallest absolute Gasteiger partial charge is 0.252 e. The molecule has 2 atom stereocenters. The minimum absolute atomic E-state index is 0.0386. The summed E-state index contributed by atoms with van der Waals surface area (Å²) in [7, 11) is -3.81. The molecule has 2 aliphatic heterocycles. The molecule has 0 unspecified atom stereocenters. The van der Waals surface area contributed by atoms with Crippen LogP contribution in [0.5, 0.6) is 0 Å². The molecule has 3 aromatic carbocycles. The number of halogens is 1. The van der Waals surface area contributed by atoms with E-state index >= 15 is 0 Å². The van der Waals surface area contributed by atoms with Crippen LogP contribution in [-0.2, 0) is 14.8 Å². The monoisotopic (exact) mass is 607 g/mol. The summed E-state index contributed by atoms with van der Waals surface area (Å²) < 4.78 is 30.9. The summed E-state index contributed by atoms with van der Waals surface area (Å²) >= 11 is 7.49. The Hall–Kier alpha value is -2.91. The Morgan fingerprint density at radius 3 is 2.34 bits per heavy atom. The molecule has 9 heteroatoms. The van der Waals surface area contributed by atoms with E-state index in [9.17, 15) is 13.2 Å². The Balaban J connectivity index is 1.25. The molecule has 2 aliphatic rings. The molecular formula is C32H34ClN3O3S2. The lowest BCUT2D eigenvalue weighted by Gasteiger charge is -2.38. The molecule has 2 fully saturated rings. The van der Waals surface area contributed by atoms with Crippen molar-refractivity contribution in [2.24, 2.45) is 5.92 Å². The van der Waals surface area contributed by atoms with Gasteiger partial charge in [0.2, 0.25) is 5.91 Å². The van der Waals surface area contributed by atoms with Gasteiger partial charge in [0, 0.05) is 60.6 Å². The first-order chi connectivity index (χ1) is 19.6. The van der Waals surface area contributed by atoms with Crippen LogP contribution >= 0.6 is 22.9 Å². The molecule has 0 N–H and O–H groups in total. The second-order valence-electron chi connectivity index (χ2n) is 11.2. The number of aryl methyl sites for hydroxylation is 3. The number of thiophene rings is 1. The van der Waals surface area contributed by atoms with Gasteiger partial charge in [0.05, 0.1) is 5.92 Å². The van der Waals surface area contributed by atoms with Crippen LogP contribution in [-0.4, -0.2) is 62.8 Å².